The van der Waals surface area contributed by atoms with Crippen LogP contribution < -0.4 is 10.1 Å². The number of nitrogens with one attached hydrogen (secondary N) is 1. The van der Waals surface area contributed by atoms with Gasteiger partial charge in [-0.2, -0.15) is 4.68 Å². The smallest absolute Gasteiger partial charge is 0.239 e. The molecule has 1 unspecified atom stereocenters. The molecule has 0 spiro atoms. The lowest BCUT2D eigenvalue weighted by Gasteiger charge is -2.10. The fraction of sp³-hybridized carbons (Fsp3) is 0.150. The summed E-state index contributed by atoms with van der Waals surface area (Å²) in [6, 6.07) is 17.2. The number of nitrogens with zero attached hydrogens (tertiary/aromatic N) is 5. The number of ether oxygens (including phenoxy) is 1. The van der Waals surface area contributed by atoms with Crippen molar-refractivity contribution in [2.45, 2.75) is 17.3 Å². The second-order valence-corrected chi connectivity index (χ2v) is 8.39. The largest absolute Gasteiger partial charge is 0.497 e. The maximum atomic E-state index is 12.7. The molecule has 4 aromatic rings. The Labute approximate surface area is 181 Å². The molecule has 0 aliphatic heterocycles. The number of carbonyl (C=O) groups excluding carboxylic acids is 1. The van der Waals surface area contributed by atoms with Crippen LogP contribution in [0.4, 0.5) is 5.13 Å². The van der Waals surface area contributed by atoms with E-state index < -0.39 is 5.25 Å². The van der Waals surface area contributed by atoms with E-state index in [1.54, 1.807) is 18.7 Å². The van der Waals surface area contributed by atoms with Crippen LogP contribution in [0.3, 0.4) is 0 Å². The molecule has 1 N–H and O–H groups in total. The van der Waals surface area contributed by atoms with Crippen LogP contribution >= 0.6 is 23.1 Å². The summed E-state index contributed by atoms with van der Waals surface area (Å²) >= 11 is 2.66. The molecular formula is C20H18N6O2S2. The van der Waals surface area contributed by atoms with Crippen molar-refractivity contribution >= 4 is 34.1 Å². The molecule has 0 radical (unpaired) electrons. The topological polar surface area (TPSA) is 94.8 Å². The van der Waals surface area contributed by atoms with Gasteiger partial charge in [-0.1, -0.05) is 42.1 Å². The number of thiazole rings is 1. The lowest BCUT2D eigenvalue weighted by molar-refractivity contribution is -0.115. The van der Waals surface area contributed by atoms with Gasteiger partial charge in [-0.05, 0) is 41.6 Å². The first-order valence-corrected chi connectivity index (χ1v) is 10.8. The van der Waals surface area contributed by atoms with Crippen molar-refractivity contribution in [1.82, 2.24) is 25.2 Å². The summed E-state index contributed by atoms with van der Waals surface area (Å²) in [6.45, 7) is 1.80. The van der Waals surface area contributed by atoms with E-state index in [0.29, 0.717) is 10.3 Å². The third kappa shape index (κ3) is 4.50. The minimum atomic E-state index is -0.419. The first kappa shape index (κ1) is 20.0. The van der Waals surface area contributed by atoms with E-state index in [0.717, 1.165) is 22.7 Å². The van der Waals surface area contributed by atoms with Gasteiger partial charge < -0.3 is 10.1 Å². The zero-order chi connectivity index (χ0) is 20.9. The van der Waals surface area contributed by atoms with Crippen LogP contribution in [0.2, 0.25) is 0 Å². The van der Waals surface area contributed by atoms with Crippen LogP contribution in [-0.2, 0) is 4.79 Å². The Balaban J connectivity index is 1.42. The fourth-order valence-corrected chi connectivity index (χ4v) is 4.16. The van der Waals surface area contributed by atoms with Gasteiger partial charge in [0.05, 0.1) is 23.7 Å². The standard InChI is InChI=1S/C20H18N6O2S2/c1-13(18(27)22-19-21-17(12-29-19)14-6-4-3-5-7-14)30-20-23-24-25-26(20)15-8-10-16(28-2)11-9-15/h3-13H,1-2H3,(H,21,22,27). The van der Waals surface area contributed by atoms with Gasteiger partial charge in [0.2, 0.25) is 11.1 Å². The van der Waals surface area contributed by atoms with Crippen LogP contribution in [0.15, 0.2) is 65.1 Å². The van der Waals surface area contributed by atoms with Gasteiger partial charge >= 0.3 is 0 Å². The number of benzene rings is 2. The summed E-state index contributed by atoms with van der Waals surface area (Å²) in [5.41, 5.74) is 2.62. The van der Waals surface area contributed by atoms with Crippen molar-refractivity contribution in [2.75, 3.05) is 12.4 Å². The van der Waals surface area contributed by atoms with Crippen molar-refractivity contribution in [2.24, 2.45) is 0 Å². The van der Waals surface area contributed by atoms with Crippen LogP contribution in [0.1, 0.15) is 6.92 Å². The van der Waals surface area contributed by atoms with Crippen LogP contribution in [0.25, 0.3) is 16.9 Å². The molecule has 0 saturated carbocycles. The molecule has 152 valence electrons. The molecule has 2 aromatic heterocycles. The minimum Gasteiger partial charge on any atom is -0.497 e. The van der Waals surface area contributed by atoms with Crippen molar-refractivity contribution in [1.29, 1.82) is 0 Å². The Hall–Kier alpha value is -3.24. The normalized spacial score (nSPS) is 11.8. The summed E-state index contributed by atoms with van der Waals surface area (Å²) in [6.07, 6.45) is 0. The fourth-order valence-electron chi connectivity index (χ4n) is 2.63. The average Bonchev–Trinajstić information content (AvgIpc) is 3.44. The molecule has 8 nitrogen and oxygen atoms in total. The molecule has 1 amide bonds. The molecule has 0 fully saturated rings. The average molecular weight is 439 g/mol. The summed E-state index contributed by atoms with van der Waals surface area (Å²) in [4.78, 5) is 17.2. The predicted molar refractivity (Wildman–Crippen MR) is 117 cm³/mol. The lowest BCUT2D eigenvalue weighted by Crippen LogP contribution is -2.22. The number of aromatic nitrogens is 5. The zero-order valence-corrected chi connectivity index (χ0v) is 17.9. The maximum absolute atomic E-state index is 12.7. The second kappa shape index (κ2) is 9.06. The first-order chi connectivity index (χ1) is 14.6. The molecule has 0 saturated heterocycles. The van der Waals surface area contributed by atoms with Gasteiger partial charge in [-0.25, -0.2) is 4.98 Å². The van der Waals surface area contributed by atoms with Crippen molar-refractivity contribution in [3.8, 4) is 22.7 Å². The highest BCUT2D eigenvalue weighted by Gasteiger charge is 2.20. The Kier molecular flexibility index (Phi) is 6.05. The lowest BCUT2D eigenvalue weighted by atomic mass is 10.2. The molecule has 2 heterocycles. The Morgan fingerprint density at radius 3 is 2.67 bits per heavy atom. The van der Waals surface area contributed by atoms with Gasteiger partial charge in [0.15, 0.2) is 5.13 Å². The van der Waals surface area contributed by atoms with Gasteiger partial charge in [-0.3, -0.25) is 4.79 Å². The number of rotatable bonds is 7. The van der Waals surface area contributed by atoms with E-state index in [4.69, 9.17) is 4.74 Å². The number of hydrogen-bond donors (Lipinski definition) is 1. The molecule has 10 heteroatoms. The Morgan fingerprint density at radius 2 is 1.93 bits per heavy atom. The Morgan fingerprint density at radius 1 is 1.17 bits per heavy atom. The number of carbonyl (C=O) groups is 1. The van der Waals surface area contributed by atoms with E-state index in [2.05, 4.69) is 25.8 Å². The third-order valence-electron chi connectivity index (χ3n) is 4.21. The highest BCUT2D eigenvalue weighted by Crippen LogP contribution is 2.27. The minimum absolute atomic E-state index is 0.168. The van der Waals surface area contributed by atoms with Crippen LogP contribution in [-0.4, -0.2) is 43.5 Å². The summed E-state index contributed by atoms with van der Waals surface area (Å²) in [5.74, 6) is 0.574. The molecule has 0 bridgehead atoms. The van der Waals surface area contributed by atoms with Gasteiger partial charge in [-0.15, -0.1) is 16.4 Å². The number of anilines is 1. The van der Waals surface area contributed by atoms with Gasteiger partial charge in [0, 0.05) is 10.9 Å². The molecule has 30 heavy (non-hydrogen) atoms. The van der Waals surface area contributed by atoms with Gasteiger partial charge in [0.25, 0.3) is 0 Å². The van der Waals surface area contributed by atoms with E-state index in [-0.39, 0.29) is 5.91 Å². The monoisotopic (exact) mass is 438 g/mol. The summed E-state index contributed by atoms with van der Waals surface area (Å²) in [7, 11) is 1.61. The molecular weight excluding hydrogens is 420 g/mol. The number of methoxy groups -OCH3 is 1. The third-order valence-corrected chi connectivity index (χ3v) is 6.00. The quantitative estimate of drug-likeness (QED) is 0.437. The Bertz CT molecular complexity index is 1130. The predicted octanol–water partition coefficient (Wildman–Crippen LogP) is 3.91. The highest BCUT2D eigenvalue weighted by molar-refractivity contribution is 8.00. The molecule has 4 rings (SSSR count). The van der Waals surface area contributed by atoms with Crippen molar-refractivity contribution in [3.05, 3.63) is 60.0 Å². The molecule has 0 aliphatic carbocycles. The van der Waals surface area contributed by atoms with E-state index in [9.17, 15) is 4.79 Å². The molecule has 0 aliphatic rings. The molecule has 2 aromatic carbocycles. The summed E-state index contributed by atoms with van der Waals surface area (Å²) < 4.78 is 6.76. The van der Waals surface area contributed by atoms with E-state index >= 15 is 0 Å². The maximum Gasteiger partial charge on any atom is 0.239 e. The summed E-state index contributed by atoms with van der Waals surface area (Å²) in [5, 5.41) is 17.3. The van der Waals surface area contributed by atoms with Crippen molar-refractivity contribution < 1.29 is 9.53 Å². The van der Waals surface area contributed by atoms with Crippen LogP contribution in [0, 0.1) is 0 Å². The number of hydrogen-bond acceptors (Lipinski definition) is 8. The second-order valence-electron chi connectivity index (χ2n) is 6.22. The van der Waals surface area contributed by atoms with E-state index in [1.165, 1.54) is 23.1 Å². The van der Waals surface area contributed by atoms with Crippen molar-refractivity contribution in [3.63, 3.8) is 0 Å². The SMILES string of the molecule is COc1ccc(-n2nnnc2SC(C)C(=O)Nc2nc(-c3ccccc3)cs2)cc1. The number of tetrazole rings is 1. The number of thioether (sulfide) groups is 1. The van der Waals surface area contributed by atoms with Gasteiger partial charge in [0.1, 0.15) is 5.75 Å². The zero-order valence-electron chi connectivity index (χ0n) is 16.2. The van der Waals surface area contributed by atoms with E-state index in [1.807, 2.05) is 60.0 Å². The molecule has 1 atom stereocenters. The number of amides is 1. The first-order valence-electron chi connectivity index (χ1n) is 9.05. The highest BCUT2D eigenvalue weighted by atomic mass is 32.2. The van der Waals surface area contributed by atoms with Crippen LogP contribution in [0.5, 0.6) is 5.75 Å².